The molecule has 2 rings (SSSR count). The predicted molar refractivity (Wildman–Crippen MR) is 95.7 cm³/mol. The van der Waals surface area contributed by atoms with E-state index in [-0.39, 0.29) is 22.8 Å². The van der Waals surface area contributed by atoms with E-state index in [0.29, 0.717) is 43.6 Å². The topological polar surface area (TPSA) is 73.2 Å². The van der Waals surface area contributed by atoms with Crippen molar-refractivity contribution in [3.8, 4) is 0 Å². The Bertz CT molecular complexity index is 775. The number of nitrogens with one attached hydrogen (secondary N) is 1. The molecule has 0 aliphatic heterocycles. The monoisotopic (exact) mass is 381 g/mol. The number of aryl methyl sites for hydroxylation is 1. The molecular formula is C18H21ClFN3O3. The Morgan fingerprint density at radius 2 is 1.96 bits per heavy atom. The Balaban J connectivity index is 1.94. The van der Waals surface area contributed by atoms with Crippen molar-refractivity contribution in [3.63, 3.8) is 0 Å². The van der Waals surface area contributed by atoms with Gasteiger partial charge in [-0.3, -0.25) is 9.59 Å². The van der Waals surface area contributed by atoms with Gasteiger partial charge in [0.25, 0.3) is 5.91 Å². The van der Waals surface area contributed by atoms with Crippen molar-refractivity contribution in [3.05, 3.63) is 52.1 Å². The summed E-state index contributed by atoms with van der Waals surface area (Å²) in [6, 6.07) is 6.01. The van der Waals surface area contributed by atoms with E-state index in [9.17, 15) is 14.0 Å². The minimum atomic E-state index is -0.316. The van der Waals surface area contributed by atoms with Crippen molar-refractivity contribution in [2.24, 2.45) is 0 Å². The van der Waals surface area contributed by atoms with Gasteiger partial charge in [-0.2, -0.15) is 5.10 Å². The second kappa shape index (κ2) is 9.33. The molecule has 1 heterocycles. The number of nitrogens with zero attached hydrogens (tertiary/aromatic N) is 2. The molecule has 1 aromatic heterocycles. The third-order valence-corrected chi connectivity index (χ3v) is 4.24. The highest BCUT2D eigenvalue weighted by Crippen LogP contribution is 2.21. The summed E-state index contributed by atoms with van der Waals surface area (Å²) >= 11 is 6.31. The molecule has 2 aromatic rings. The van der Waals surface area contributed by atoms with E-state index < -0.39 is 0 Å². The van der Waals surface area contributed by atoms with E-state index in [1.54, 1.807) is 19.1 Å². The molecule has 0 bridgehead atoms. The number of methoxy groups -OCH3 is 1. The van der Waals surface area contributed by atoms with Crippen molar-refractivity contribution >= 4 is 23.5 Å². The number of esters is 1. The van der Waals surface area contributed by atoms with Crippen LogP contribution in [-0.2, 0) is 16.1 Å². The first-order valence-corrected chi connectivity index (χ1v) is 8.62. The third kappa shape index (κ3) is 5.29. The fourth-order valence-electron chi connectivity index (χ4n) is 2.47. The minimum Gasteiger partial charge on any atom is -0.469 e. The number of aromatic nitrogens is 2. The summed E-state index contributed by atoms with van der Waals surface area (Å²) in [7, 11) is 1.35. The van der Waals surface area contributed by atoms with E-state index >= 15 is 0 Å². The van der Waals surface area contributed by atoms with Gasteiger partial charge in [-0.1, -0.05) is 23.7 Å². The summed E-state index contributed by atoms with van der Waals surface area (Å²) in [5.41, 5.74) is 1.66. The predicted octanol–water partition coefficient (Wildman–Crippen LogP) is 3.11. The van der Waals surface area contributed by atoms with Gasteiger partial charge in [-0.15, -0.1) is 0 Å². The third-order valence-electron chi connectivity index (χ3n) is 3.86. The van der Waals surface area contributed by atoms with Gasteiger partial charge in [0, 0.05) is 13.0 Å². The van der Waals surface area contributed by atoms with Gasteiger partial charge in [0.05, 0.1) is 24.9 Å². The van der Waals surface area contributed by atoms with Crippen LogP contribution in [0.1, 0.15) is 40.9 Å². The standard InChI is InChI=1S/C18H21ClFN3O3/c1-12-16(18(25)21-10-4-3-5-15(24)26-2)17(19)23(22-12)11-13-6-8-14(20)9-7-13/h6-9H,3-5,10-11H2,1-2H3,(H,21,25). The van der Waals surface area contributed by atoms with Gasteiger partial charge in [0.1, 0.15) is 11.0 Å². The van der Waals surface area contributed by atoms with Crippen molar-refractivity contribution in [1.29, 1.82) is 0 Å². The van der Waals surface area contributed by atoms with Gasteiger partial charge in [0.2, 0.25) is 0 Å². The summed E-state index contributed by atoms with van der Waals surface area (Å²) in [5, 5.41) is 7.31. The molecule has 0 saturated heterocycles. The Labute approximate surface area is 156 Å². The fourth-order valence-corrected chi connectivity index (χ4v) is 2.79. The highest BCUT2D eigenvalue weighted by atomic mass is 35.5. The molecule has 1 aromatic carbocycles. The van der Waals surface area contributed by atoms with Crippen LogP contribution in [0.3, 0.4) is 0 Å². The summed E-state index contributed by atoms with van der Waals surface area (Å²) in [6.45, 7) is 2.47. The zero-order valence-electron chi connectivity index (χ0n) is 14.7. The maximum Gasteiger partial charge on any atom is 0.305 e. The van der Waals surface area contributed by atoms with Crippen molar-refractivity contribution in [2.45, 2.75) is 32.7 Å². The van der Waals surface area contributed by atoms with E-state index in [1.165, 1.54) is 23.9 Å². The average Bonchev–Trinajstić information content (AvgIpc) is 2.89. The lowest BCUT2D eigenvalue weighted by Gasteiger charge is -2.06. The molecule has 26 heavy (non-hydrogen) atoms. The Hall–Kier alpha value is -2.41. The molecule has 8 heteroatoms. The molecule has 0 unspecified atom stereocenters. The van der Waals surface area contributed by atoms with Crippen LogP contribution < -0.4 is 5.32 Å². The summed E-state index contributed by atoms with van der Waals surface area (Å²) in [4.78, 5) is 23.4. The number of rotatable bonds is 8. The van der Waals surface area contributed by atoms with Gasteiger partial charge >= 0.3 is 5.97 Å². The summed E-state index contributed by atoms with van der Waals surface area (Å²) < 4.78 is 19.1. The molecule has 0 spiro atoms. The average molecular weight is 382 g/mol. The highest BCUT2D eigenvalue weighted by Gasteiger charge is 2.20. The summed E-state index contributed by atoms with van der Waals surface area (Å²) in [6.07, 6.45) is 1.60. The summed E-state index contributed by atoms with van der Waals surface area (Å²) in [5.74, 6) is -0.892. The molecule has 0 fully saturated rings. The van der Waals surface area contributed by atoms with Crippen LogP contribution in [0, 0.1) is 12.7 Å². The normalized spacial score (nSPS) is 10.6. The van der Waals surface area contributed by atoms with E-state index in [2.05, 4.69) is 15.2 Å². The maximum absolute atomic E-state index is 13.0. The molecule has 1 N–H and O–H groups in total. The first-order valence-electron chi connectivity index (χ1n) is 8.24. The van der Waals surface area contributed by atoms with Gasteiger partial charge < -0.3 is 10.1 Å². The zero-order valence-corrected chi connectivity index (χ0v) is 15.5. The molecule has 0 saturated carbocycles. The van der Waals surface area contributed by atoms with Crippen LogP contribution in [0.2, 0.25) is 5.15 Å². The van der Waals surface area contributed by atoms with Crippen LogP contribution >= 0.6 is 11.6 Å². The minimum absolute atomic E-state index is 0.235. The number of unbranched alkanes of at least 4 members (excludes halogenated alkanes) is 1. The molecular weight excluding hydrogens is 361 g/mol. The number of benzene rings is 1. The van der Waals surface area contributed by atoms with Crippen LogP contribution in [0.5, 0.6) is 0 Å². The lowest BCUT2D eigenvalue weighted by molar-refractivity contribution is -0.140. The number of halogens is 2. The second-order valence-electron chi connectivity index (χ2n) is 5.82. The Morgan fingerprint density at radius 1 is 1.27 bits per heavy atom. The van der Waals surface area contributed by atoms with Crippen molar-refractivity contribution < 1.29 is 18.7 Å². The van der Waals surface area contributed by atoms with Crippen LogP contribution in [0.15, 0.2) is 24.3 Å². The van der Waals surface area contributed by atoms with Gasteiger partial charge in [-0.25, -0.2) is 9.07 Å². The molecule has 1 amide bonds. The number of carbonyl (C=O) groups is 2. The van der Waals surface area contributed by atoms with Crippen molar-refractivity contribution in [2.75, 3.05) is 13.7 Å². The van der Waals surface area contributed by atoms with E-state index in [1.807, 2.05) is 0 Å². The largest absolute Gasteiger partial charge is 0.469 e. The SMILES string of the molecule is COC(=O)CCCCNC(=O)c1c(C)nn(Cc2ccc(F)cc2)c1Cl. The Morgan fingerprint density at radius 3 is 2.62 bits per heavy atom. The smallest absolute Gasteiger partial charge is 0.305 e. The highest BCUT2D eigenvalue weighted by molar-refractivity contribution is 6.33. The van der Waals surface area contributed by atoms with Gasteiger partial charge in [0.15, 0.2) is 0 Å². The number of hydrogen-bond acceptors (Lipinski definition) is 4. The molecule has 0 atom stereocenters. The quantitative estimate of drug-likeness (QED) is 0.563. The molecule has 140 valence electrons. The van der Waals surface area contributed by atoms with Crippen LogP contribution in [-0.4, -0.2) is 35.3 Å². The lowest BCUT2D eigenvalue weighted by Crippen LogP contribution is -2.25. The molecule has 6 nitrogen and oxygen atoms in total. The molecule has 0 radical (unpaired) electrons. The van der Waals surface area contributed by atoms with Crippen LogP contribution in [0.25, 0.3) is 0 Å². The first kappa shape index (κ1) is 19.9. The van der Waals surface area contributed by atoms with E-state index in [4.69, 9.17) is 11.6 Å². The van der Waals surface area contributed by atoms with Crippen molar-refractivity contribution in [1.82, 2.24) is 15.1 Å². The molecule has 0 aliphatic rings. The first-order chi connectivity index (χ1) is 12.4. The van der Waals surface area contributed by atoms with E-state index in [0.717, 1.165) is 5.56 Å². The number of amides is 1. The van der Waals surface area contributed by atoms with Gasteiger partial charge in [-0.05, 0) is 37.5 Å². The zero-order chi connectivity index (χ0) is 19.1. The molecule has 0 aliphatic carbocycles. The maximum atomic E-state index is 13.0. The number of carbonyl (C=O) groups excluding carboxylic acids is 2. The van der Waals surface area contributed by atoms with Crippen LogP contribution in [0.4, 0.5) is 4.39 Å². The Kier molecular flexibility index (Phi) is 7.15. The lowest BCUT2D eigenvalue weighted by atomic mass is 10.2. The fraction of sp³-hybridized carbons (Fsp3) is 0.389. The second-order valence-corrected chi connectivity index (χ2v) is 6.18. The number of hydrogen-bond donors (Lipinski definition) is 1. The number of ether oxygens (including phenoxy) is 1.